The summed E-state index contributed by atoms with van der Waals surface area (Å²) >= 11 is 3.35. The lowest BCUT2D eigenvalue weighted by molar-refractivity contribution is -0.120. The number of carbonyl (C=O) groups is 1. The van der Waals surface area contributed by atoms with Gasteiger partial charge in [0.05, 0.1) is 9.79 Å². The number of amides is 1. The van der Waals surface area contributed by atoms with Crippen LogP contribution in [0.1, 0.15) is 23.5 Å². The van der Waals surface area contributed by atoms with Crippen molar-refractivity contribution in [3.8, 4) is 0 Å². The number of halogens is 1. The van der Waals surface area contributed by atoms with Gasteiger partial charge in [0, 0.05) is 16.6 Å². The number of hydrogen-bond donors (Lipinski definition) is 1. The fraction of sp³-hybridized carbons (Fsp3) is 0.278. The smallest absolute Gasteiger partial charge is 0.264 e. The molecule has 1 fully saturated rings. The maximum atomic E-state index is 12.6. The molecule has 0 aromatic heterocycles. The molecule has 0 heterocycles. The lowest BCUT2D eigenvalue weighted by atomic mass is 10.1. The summed E-state index contributed by atoms with van der Waals surface area (Å²) < 4.78 is 51.7. The molecular formula is C18H18BrNO5S2. The van der Waals surface area contributed by atoms with E-state index in [0.29, 0.717) is 12.0 Å². The number of carbonyl (C=O) groups excluding carboxylic acids is 1. The molecule has 2 aromatic carbocycles. The van der Waals surface area contributed by atoms with Gasteiger partial charge >= 0.3 is 0 Å². The molecule has 2 atom stereocenters. The third kappa shape index (κ3) is 4.41. The van der Waals surface area contributed by atoms with Crippen molar-refractivity contribution in [3.63, 3.8) is 0 Å². The third-order valence-electron chi connectivity index (χ3n) is 4.54. The van der Waals surface area contributed by atoms with Crippen molar-refractivity contribution < 1.29 is 21.6 Å². The Morgan fingerprint density at radius 1 is 1.07 bits per heavy atom. The Balaban J connectivity index is 1.79. The van der Waals surface area contributed by atoms with Crippen molar-refractivity contribution in [2.75, 3.05) is 6.26 Å². The number of nitrogens with one attached hydrogen (secondary N) is 1. The van der Waals surface area contributed by atoms with Crippen LogP contribution in [0.5, 0.6) is 0 Å². The molecule has 1 amide bonds. The molecule has 1 aliphatic rings. The highest BCUT2D eigenvalue weighted by atomic mass is 79.9. The molecule has 1 aliphatic carbocycles. The Kier molecular flexibility index (Phi) is 5.22. The molecule has 27 heavy (non-hydrogen) atoms. The first-order chi connectivity index (χ1) is 12.5. The second-order valence-electron chi connectivity index (χ2n) is 6.67. The normalized spacial score (nSPS) is 19.5. The van der Waals surface area contributed by atoms with E-state index in [-0.39, 0.29) is 15.7 Å². The van der Waals surface area contributed by atoms with Crippen molar-refractivity contribution in [3.05, 3.63) is 58.1 Å². The van der Waals surface area contributed by atoms with Crippen LogP contribution in [-0.4, -0.2) is 29.0 Å². The number of rotatable bonds is 5. The minimum Gasteiger partial charge on any atom is -0.274 e. The van der Waals surface area contributed by atoms with Crippen molar-refractivity contribution in [1.29, 1.82) is 0 Å². The second kappa shape index (κ2) is 7.03. The summed E-state index contributed by atoms with van der Waals surface area (Å²) in [5, 5.41) is 0. The summed E-state index contributed by atoms with van der Waals surface area (Å²) in [4.78, 5) is 12.1. The number of aryl methyl sites for hydroxylation is 1. The quantitative estimate of drug-likeness (QED) is 0.722. The molecule has 144 valence electrons. The molecule has 0 saturated heterocycles. The van der Waals surface area contributed by atoms with Gasteiger partial charge in [-0.05, 0) is 54.7 Å². The van der Waals surface area contributed by atoms with Crippen LogP contribution in [-0.2, 0) is 24.7 Å². The van der Waals surface area contributed by atoms with E-state index in [9.17, 15) is 21.6 Å². The van der Waals surface area contributed by atoms with Gasteiger partial charge in [-0.25, -0.2) is 21.6 Å². The van der Waals surface area contributed by atoms with E-state index in [4.69, 9.17) is 0 Å². The first-order valence-corrected chi connectivity index (χ1v) is 12.3. The molecule has 0 aliphatic heterocycles. The summed E-state index contributed by atoms with van der Waals surface area (Å²) in [5.41, 5.74) is 1.34. The van der Waals surface area contributed by atoms with Gasteiger partial charge in [0.1, 0.15) is 0 Å². The topological polar surface area (TPSA) is 97.4 Å². The van der Waals surface area contributed by atoms with Gasteiger partial charge < -0.3 is 0 Å². The SMILES string of the molecule is Cc1ccc(S(C)(=O)=O)cc1S(=O)(=O)NC(=O)[C@@H]1C[C@H]1c1ccc(Br)cc1. The molecule has 2 aromatic rings. The Morgan fingerprint density at radius 3 is 2.30 bits per heavy atom. The van der Waals surface area contributed by atoms with Crippen LogP contribution < -0.4 is 4.72 Å². The zero-order chi connectivity index (χ0) is 20.0. The number of benzene rings is 2. The minimum absolute atomic E-state index is 0.0169. The van der Waals surface area contributed by atoms with Crippen LogP contribution in [0.3, 0.4) is 0 Å². The van der Waals surface area contributed by atoms with E-state index in [1.807, 2.05) is 24.3 Å². The first kappa shape index (κ1) is 20.0. The van der Waals surface area contributed by atoms with Crippen molar-refractivity contribution >= 4 is 41.7 Å². The van der Waals surface area contributed by atoms with Crippen LogP contribution in [0.4, 0.5) is 0 Å². The van der Waals surface area contributed by atoms with Crippen LogP contribution in [0.2, 0.25) is 0 Å². The van der Waals surface area contributed by atoms with Gasteiger partial charge in [0.2, 0.25) is 5.91 Å². The predicted octanol–water partition coefficient (Wildman–Crippen LogP) is 2.77. The van der Waals surface area contributed by atoms with Crippen molar-refractivity contribution in [2.24, 2.45) is 5.92 Å². The molecule has 3 rings (SSSR count). The van der Waals surface area contributed by atoms with Crippen LogP contribution in [0.25, 0.3) is 0 Å². The molecule has 1 N–H and O–H groups in total. The molecule has 9 heteroatoms. The summed E-state index contributed by atoms with van der Waals surface area (Å²) in [6.07, 6.45) is 1.57. The lowest BCUT2D eigenvalue weighted by Crippen LogP contribution is -2.32. The first-order valence-electron chi connectivity index (χ1n) is 8.12. The van der Waals surface area contributed by atoms with Gasteiger partial charge in [0.15, 0.2) is 9.84 Å². The largest absolute Gasteiger partial charge is 0.274 e. The summed E-state index contributed by atoms with van der Waals surface area (Å²) in [7, 11) is -7.73. The summed E-state index contributed by atoms with van der Waals surface area (Å²) in [5.74, 6) is -1.01. The van der Waals surface area contributed by atoms with Crippen LogP contribution in [0.15, 0.2) is 56.7 Å². The second-order valence-corrected chi connectivity index (χ2v) is 11.3. The molecule has 6 nitrogen and oxygen atoms in total. The van der Waals surface area contributed by atoms with Gasteiger partial charge in [-0.3, -0.25) is 4.79 Å². The van der Waals surface area contributed by atoms with E-state index in [0.717, 1.165) is 22.4 Å². The van der Waals surface area contributed by atoms with E-state index in [1.54, 1.807) is 6.92 Å². The Labute approximate surface area is 167 Å². The van der Waals surface area contributed by atoms with Gasteiger partial charge in [0.25, 0.3) is 10.0 Å². The Morgan fingerprint density at radius 2 is 1.70 bits per heavy atom. The van der Waals surface area contributed by atoms with Crippen molar-refractivity contribution in [2.45, 2.75) is 29.1 Å². The Bertz CT molecular complexity index is 1110. The van der Waals surface area contributed by atoms with Crippen LogP contribution >= 0.6 is 15.9 Å². The summed E-state index contributed by atoms with van der Waals surface area (Å²) in [6.45, 7) is 1.55. The van der Waals surface area contributed by atoms with Gasteiger partial charge in [-0.1, -0.05) is 34.1 Å². The lowest BCUT2D eigenvalue weighted by Gasteiger charge is -2.11. The molecular weight excluding hydrogens is 454 g/mol. The maximum Gasteiger partial charge on any atom is 0.264 e. The highest BCUT2D eigenvalue weighted by Crippen LogP contribution is 2.47. The average molecular weight is 472 g/mol. The predicted molar refractivity (Wildman–Crippen MR) is 105 cm³/mol. The fourth-order valence-electron chi connectivity index (χ4n) is 2.93. The highest BCUT2D eigenvalue weighted by molar-refractivity contribution is 9.10. The molecule has 0 unspecified atom stereocenters. The zero-order valence-electron chi connectivity index (χ0n) is 14.6. The Hall–Kier alpha value is -1.71. The number of sulfonamides is 1. The van der Waals surface area contributed by atoms with E-state index in [2.05, 4.69) is 20.7 Å². The van der Waals surface area contributed by atoms with Crippen molar-refractivity contribution in [1.82, 2.24) is 4.72 Å². The van der Waals surface area contributed by atoms with E-state index in [1.165, 1.54) is 12.1 Å². The maximum absolute atomic E-state index is 12.6. The van der Waals surface area contributed by atoms with E-state index >= 15 is 0 Å². The molecule has 0 spiro atoms. The highest BCUT2D eigenvalue weighted by Gasteiger charge is 2.45. The van der Waals surface area contributed by atoms with E-state index < -0.39 is 31.7 Å². The number of hydrogen-bond acceptors (Lipinski definition) is 5. The third-order valence-corrected chi connectivity index (χ3v) is 7.67. The molecule has 1 saturated carbocycles. The monoisotopic (exact) mass is 471 g/mol. The molecule has 0 bridgehead atoms. The standard InChI is InChI=1S/C18H18BrNO5S2/c1-11-3-8-14(26(2,22)23)9-17(11)27(24,25)20-18(21)16-10-15(16)12-4-6-13(19)7-5-12/h3-9,15-16H,10H2,1-2H3,(H,20,21)/t15-,16+/m0/s1. The fourth-order valence-corrected chi connectivity index (χ4v) is 5.21. The van der Waals surface area contributed by atoms with Crippen LogP contribution in [0, 0.1) is 12.8 Å². The average Bonchev–Trinajstić information content (AvgIpc) is 3.35. The minimum atomic E-state index is -4.16. The number of sulfone groups is 1. The summed E-state index contributed by atoms with van der Waals surface area (Å²) in [6, 6.07) is 11.4. The zero-order valence-corrected chi connectivity index (χ0v) is 17.9. The van der Waals surface area contributed by atoms with Gasteiger partial charge in [-0.15, -0.1) is 0 Å². The molecule has 0 radical (unpaired) electrons. The van der Waals surface area contributed by atoms with Gasteiger partial charge in [-0.2, -0.15) is 0 Å².